The number of hydrogen-bond acceptors (Lipinski definition) is 3. The van der Waals surface area contributed by atoms with E-state index < -0.39 is 0 Å². The normalized spacial score (nSPS) is 13.3. The zero-order valence-corrected chi connectivity index (χ0v) is 16.4. The van der Waals surface area contributed by atoms with Gasteiger partial charge in [0.15, 0.2) is 0 Å². The van der Waals surface area contributed by atoms with Gasteiger partial charge in [-0.1, -0.05) is 67.6 Å². The molecule has 5 heteroatoms. The molecular weight excluding hydrogens is 350 g/mol. The molecule has 0 bridgehead atoms. The fourth-order valence-corrected chi connectivity index (χ4v) is 3.34. The lowest BCUT2D eigenvalue weighted by Crippen LogP contribution is -2.32. The van der Waals surface area contributed by atoms with Gasteiger partial charge in [-0.15, -0.1) is 0 Å². The molecule has 0 radical (unpaired) electrons. The molecule has 2 aromatic carbocycles. The van der Waals surface area contributed by atoms with Crippen LogP contribution in [0.15, 0.2) is 65.8 Å². The largest absolute Gasteiger partial charge is 0.338 e. The maximum Gasteiger partial charge on any atom is 0.243 e. The quantitative estimate of drug-likeness (QED) is 0.702. The highest BCUT2D eigenvalue weighted by Gasteiger charge is 2.23. The molecule has 146 valence electrons. The number of benzene rings is 2. The lowest BCUT2D eigenvalue weighted by Gasteiger charge is -2.22. The van der Waals surface area contributed by atoms with Crippen molar-refractivity contribution in [3.05, 3.63) is 71.8 Å². The van der Waals surface area contributed by atoms with E-state index in [-0.39, 0.29) is 24.7 Å². The smallest absolute Gasteiger partial charge is 0.243 e. The van der Waals surface area contributed by atoms with Crippen LogP contribution in [0.1, 0.15) is 43.7 Å². The molecule has 0 aromatic heterocycles. The van der Waals surface area contributed by atoms with E-state index in [1.54, 1.807) is 0 Å². The van der Waals surface area contributed by atoms with E-state index in [2.05, 4.69) is 12.0 Å². The molecule has 1 aliphatic heterocycles. The van der Waals surface area contributed by atoms with Crippen molar-refractivity contribution in [3.63, 3.8) is 0 Å². The topological polar surface area (TPSA) is 53.0 Å². The molecule has 3 rings (SSSR count). The van der Waals surface area contributed by atoms with E-state index in [1.165, 1.54) is 5.01 Å². The third kappa shape index (κ3) is 5.28. The summed E-state index contributed by atoms with van der Waals surface area (Å²) < 4.78 is 0. The molecule has 2 aromatic rings. The third-order valence-electron chi connectivity index (χ3n) is 4.81. The van der Waals surface area contributed by atoms with Crippen molar-refractivity contribution in [1.82, 2.24) is 9.91 Å². The Bertz CT molecular complexity index is 818. The Labute approximate surface area is 166 Å². The molecule has 0 saturated heterocycles. The van der Waals surface area contributed by atoms with Crippen LogP contribution in [-0.2, 0) is 16.1 Å². The minimum atomic E-state index is -0.0876. The summed E-state index contributed by atoms with van der Waals surface area (Å²) in [5.74, 6) is -0.0686. The molecule has 5 nitrogen and oxygen atoms in total. The van der Waals surface area contributed by atoms with Crippen LogP contribution in [0.5, 0.6) is 0 Å². The van der Waals surface area contributed by atoms with E-state index in [0.717, 1.165) is 29.7 Å². The monoisotopic (exact) mass is 377 g/mol. The van der Waals surface area contributed by atoms with Crippen LogP contribution in [0.3, 0.4) is 0 Å². The summed E-state index contributed by atoms with van der Waals surface area (Å²) >= 11 is 0. The van der Waals surface area contributed by atoms with Crippen molar-refractivity contribution >= 4 is 17.5 Å². The molecule has 2 amide bonds. The first-order chi connectivity index (χ1) is 13.7. The molecule has 0 atom stereocenters. The van der Waals surface area contributed by atoms with Gasteiger partial charge >= 0.3 is 0 Å². The Morgan fingerprint density at radius 1 is 1.00 bits per heavy atom. The number of carbonyl (C=O) groups excluding carboxylic acids is 2. The maximum atomic E-state index is 12.7. The minimum absolute atomic E-state index is 0.0190. The van der Waals surface area contributed by atoms with Gasteiger partial charge in [-0.3, -0.25) is 9.59 Å². The number of nitrogens with zero attached hydrogens (tertiary/aromatic N) is 3. The van der Waals surface area contributed by atoms with Crippen molar-refractivity contribution in [3.8, 4) is 0 Å². The molecular formula is C23H27N3O2. The van der Waals surface area contributed by atoms with E-state index in [1.807, 2.05) is 65.6 Å². The lowest BCUT2D eigenvalue weighted by atomic mass is 10.1. The maximum absolute atomic E-state index is 12.7. The molecule has 0 unspecified atom stereocenters. The average Bonchev–Trinajstić information content (AvgIpc) is 3.23. The van der Waals surface area contributed by atoms with E-state index in [9.17, 15) is 9.59 Å². The first-order valence-corrected chi connectivity index (χ1v) is 9.92. The van der Waals surface area contributed by atoms with Crippen LogP contribution < -0.4 is 0 Å². The van der Waals surface area contributed by atoms with Gasteiger partial charge in [-0.05, 0) is 17.5 Å². The summed E-state index contributed by atoms with van der Waals surface area (Å²) in [5.41, 5.74) is 3.08. The number of hydrogen-bond donors (Lipinski definition) is 0. The van der Waals surface area contributed by atoms with E-state index in [0.29, 0.717) is 19.6 Å². The van der Waals surface area contributed by atoms with Gasteiger partial charge in [0.05, 0.1) is 12.3 Å². The molecule has 0 aliphatic carbocycles. The number of hydrazone groups is 1. The standard InChI is InChI=1S/C23H27N3O2/c1-2-16-25(18-19-9-5-3-6-10-19)22(27)13-14-23(28)26-17-15-21(24-26)20-11-7-4-8-12-20/h3-12H,2,13-18H2,1H3. The van der Waals surface area contributed by atoms with E-state index >= 15 is 0 Å². The number of amides is 2. The molecule has 1 aliphatic rings. The highest BCUT2D eigenvalue weighted by molar-refractivity contribution is 6.02. The molecule has 28 heavy (non-hydrogen) atoms. The third-order valence-corrected chi connectivity index (χ3v) is 4.81. The average molecular weight is 377 g/mol. The van der Waals surface area contributed by atoms with Gasteiger partial charge in [0.25, 0.3) is 0 Å². The second kappa shape index (κ2) is 9.83. The minimum Gasteiger partial charge on any atom is -0.338 e. The van der Waals surface area contributed by atoms with Gasteiger partial charge < -0.3 is 4.90 Å². The van der Waals surface area contributed by atoms with Crippen molar-refractivity contribution in [2.45, 2.75) is 39.2 Å². The van der Waals surface area contributed by atoms with Crippen LogP contribution in [0.2, 0.25) is 0 Å². The molecule has 0 spiro atoms. The van der Waals surface area contributed by atoms with Crippen molar-refractivity contribution < 1.29 is 9.59 Å². The molecule has 0 fully saturated rings. The summed E-state index contributed by atoms with van der Waals surface area (Å²) in [7, 11) is 0. The van der Waals surface area contributed by atoms with Gasteiger partial charge in [0.2, 0.25) is 11.8 Å². The van der Waals surface area contributed by atoms with Crippen molar-refractivity contribution in [2.24, 2.45) is 5.10 Å². The predicted molar refractivity (Wildman–Crippen MR) is 111 cm³/mol. The number of carbonyl (C=O) groups is 2. The summed E-state index contributed by atoms with van der Waals surface area (Å²) in [6.07, 6.45) is 2.06. The van der Waals surface area contributed by atoms with Crippen molar-refractivity contribution in [1.29, 1.82) is 0 Å². The zero-order valence-electron chi connectivity index (χ0n) is 16.4. The van der Waals surface area contributed by atoms with Crippen LogP contribution in [0.4, 0.5) is 0 Å². The van der Waals surface area contributed by atoms with Gasteiger partial charge in [0.1, 0.15) is 0 Å². The van der Waals surface area contributed by atoms with Crippen LogP contribution >= 0.6 is 0 Å². The highest BCUT2D eigenvalue weighted by atomic mass is 16.2. The SMILES string of the molecule is CCCN(Cc1ccccc1)C(=O)CCC(=O)N1CCC(c2ccccc2)=N1. The van der Waals surface area contributed by atoms with Crippen LogP contribution in [0, 0.1) is 0 Å². The Morgan fingerprint density at radius 3 is 2.36 bits per heavy atom. The van der Waals surface area contributed by atoms with E-state index in [4.69, 9.17) is 0 Å². The van der Waals surface area contributed by atoms with Crippen LogP contribution in [-0.4, -0.2) is 40.5 Å². The van der Waals surface area contributed by atoms with Gasteiger partial charge in [0, 0.05) is 32.4 Å². The fraction of sp³-hybridized carbons (Fsp3) is 0.348. The molecule has 0 N–H and O–H groups in total. The lowest BCUT2D eigenvalue weighted by molar-refractivity contribution is -0.137. The summed E-state index contributed by atoms with van der Waals surface area (Å²) in [6.45, 7) is 3.92. The Balaban J connectivity index is 1.54. The molecule has 1 heterocycles. The van der Waals surface area contributed by atoms with Crippen molar-refractivity contribution in [2.75, 3.05) is 13.1 Å². The first kappa shape index (κ1) is 19.8. The molecule has 0 saturated carbocycles. The predicted octanol–water partition coefficient (Wildman–Crippen LogP) is 3.84. The highest BCUT2D eigenvalue weighted by Crippen LogP contribution is 2.16. The first-order valence-electron chi connectivity index (χ1n) is 9.92. The Hall–Kier alpha value is -2.95. The second-order valence-electron chi connectivity index (χ2n) is 6.98. The summed E-state index contributed by atoms with van der Waals surface area (Å²) in [4.78, 5) is 27.0. The number of rotatable bonds is 8. The van der Waals surface area contributed by atoms with Gasteiger partial charge in [-0.25, -0.2) is 5.01 Å². The Morgan fingerprint density at radius 2 is 1.68 bits per heavy atom. The van der Waals surface area contributed by atoms with Crippen LogP contribution in [0.25, 0.3) is 0 Å². The second-order valence-corrected chi connectivity index (χ2v) is 6.98. The summed E-state index contributed by atoms with van der Waals surface area (Å²) in [6, 6.07) is 19.9. The van der Waals surface area contributed by atoms with Gasteiger partial charge in [-0.2, -0.15) is 5.10 Å². The fourth-order valence-electron chi connectivity index (χ4n) is 3.34. The Kier molecular flexibility index (Phi) is 6.95. The summed E-state index contributed by atoms with van der Waals surface area (Å²) in [5, 5.41) is 5.97. The zero-order chi connectivity index (χ0) is 19.8.